The van der Waals surface area contributed by atoms with E-state index in [1.807, 2.05) is 20.8 Å². The Morgan fingerprint density at radius 3 is 2.48 bits per heavy atom. The molecule has 27 heavy (non-hydrogen) atoms. The maximum atomic E-state index is 12.8. The summed E-state index contributed by atoms with van der Waals surface area (Å²) in [6.07, 6.45) is 0.596. The van der Waals surface area contributed by atoms with E-state index in [9.17, 15) is 9.59 Å². The second kappa shape index (κ2) is 8.73. The third-order valence-corrected chi connectivity index (χ3v) is 4.02. The third kappa shape index (κ3) is 6.14. The zero-order chi connectivity index (χ0) is 20.0. The van der Waals surface area contributed by atoms with E-state index in [0.29, 0.717) is 16.5 Å². The van der Waals surface area contributed by atoms with Crippen molar-refractivity contribution in [1.82, 2.24) is 10.3 Å². The SMILES string of the molecule is CC(C)(C)C(COC(N)=O)NC(=O)c1ncccc1Oc1ccc(Cl)cc1. The van der Waals surface area contributed by atoms with Gasteiger partial charge in [-0.25, -0.2) is 9.78 Å². The van der Waals surface area contributed by atoms with Gasteiger partial charge in [0.25, 0.3) is 5.91 Å². The average Bonchev–Trinajstić information content (AvgIpc) is 2.59. The van der Waals surface area contributed by atoms with Gasteiger partial charge in [-0.05, 0) is 41.8 Å². The summed E-state index contributed by atoms with van der Waals surface area (Å²) in [5.74, 6) is 0.360. The van der Waals surface area contributed by atoms with Gasteiger partial charge >= 0.3 is 6.09 Å². The molecular formula is C19H22ClN3O4. The van der Waals surface area contributed by atoms with Gasteiger partial charge < -0.3 is 20.5 Å². The number of halogens is 1. The van der Waals surface area contributed by atoms with Crippen molar-refractivity contribution in [2.24, 2.45) is 11.1 Å². The maximum absolute atomic E-state index is 12.8. The molecule has 0 saturated carbocycles. The molecule has 0 aliphatic rings. The second-order valence-corrected chi connectivity index (χ2v) is 7.36. The standard InChI is InChI=1S/C19H22ClN3O4/c1-19(2,3)15(11-26-18(21)25)23-17(24)16-14(5-4-10-22-16)27-13-8-6-12(20)7-9-13/h4-10,15H,11H2,1-3H3,(H2,21,25)(H,23,24). The smallest absolute Gasteiger partial charge is 0.404 e. The number of carbonyl (C=O) groups excluding carboxylic acids is 2. The van der Waals surface area contributed by atoms with Gasteiger partial charge in [0.2, 0.25) is 0 Å². The van der Waals surface area contributed by atoms with Crippen molar-refractivity contribution in [1.29, 1.82) is 0 Å². The van der Waals surface area contributed by atoms with E-state index in [-0.39, 0.29) is 17.7 Å². The minimum absolute atomic E-state index is 0.0508. The summed E-state index contributed by atoms with van der Waals surface area (Å²) in [6, 6.07) is 9.59. The first-order valence-corrected chi connectivity index (χ1v) is 8.66. The molecule has 0 radical (unpaired) electrons. The highest BCUT2D eigenvalue weighted by Crippen LogP contribution is 2.26. The van der Waals surface area contributed by atoms with Crippen LogP contribution in [0.1, 0.15) is 31.3 Å². The van der Waals surface area contributed by atoms with Gasteiger partial charge in [-0.15, -0.1) is 0 Å². The lowest BCUT2D eigenvalue weighted by atomic mass is 9.87. The molecule has 1 unspecified atom stereocenters. The van der Waals surface area contributed by atoms with Crippen molar-refractivity contribution in [3.05, 3.63) is 53.3 Å². The minimum Gasteiger partial charge on any atom is -0.455 e. The molecule has 1 heterocycles. The molecule has 1 atom stereocenters. The van der Waals surface area contributed by atoms with Crippen molar-refractivity contribution in [3.63, 3.8) is 0 Å². The molecule has 0 aliphatic heterocycles. The van der Waals surface area contributed by atoms with Gasteiger partial charge in [-0.1, -0.05) is 32.4 Å². The molecule has 1 aromatic heterocycles. The number of rotatable bonds is 6. The molecule has 2 aromatic rings. The Morgan fingerprint density at radius 1 is 1.22 bits per heavy atom. The normalized spacial score (nSPS) is 12.1. The van der Waals surface area contributed by atoms with Crippen LogP contribution in [-0.2, 0) is 4.74 Å². The van der Waals surface area contributed by atoms with Gasteiger partial charge in [-0.2, -0.15) is 0 Å². The van der Waals surface area contributed by atoms with E-state index >= 15 is 0 Å². The van der Waals surface area contributed by atoms with Gasteiger partial charge in [-0.3, -0.25) is 4.79 Å². The van der Waals surface area contributed by atoms with Gasteiger partial charge in [0.1, 0.15) is 12.4 Å². The number of amides is 2. The Kier molecular flexibility index (Phi) is 6.63. The topological polar surface area (TPSA) is 104 Å². The number of pyridine rings is 1. The number of benzene rings is 1. The molecule has 0 fully saturated rings. The lowest BCUT2D eigenvalue weighted by Gasteiger charge is -2.30. The Hall–Kier alpha value is -2.80. The van der Waals surface area contributed by atoms with Crippen LogP contribution in [0.2, 0.25) is 5.02 Å². The zero-order valence-corrected chi connectivity index (χ0v) is 16.1. The van der Waals surface area contributed by atoms with Crippen LogP contribution in [0.3, 0.4) is 0 Å². The maximum Gasteiger partial charge on any atom is 0.404 e. The molecule has 2 amide bonds. The highest BCUT2D eigenvalue weighted by molar-refractivity contribution is 6.30. The number of hydrogen-bond donors (Lipinski definition) is 2. The van der Waals surface area contributed by atoms with Crippen LogP contribution in [0, 0.1) is 5.41 Å². The Labute approximate surface area is 162 Å². The molecule has 7 nitrogen and oxygen atoms in total. The van der Waals surface area contributed by atoms with Crippen molar-refractivity contribution in [2.45, 2.75) is 26.8 Å². The second-order valence-electron chi connectivity index (χ2n) is 6.93. The Bertz CT molecular complexity index is 803. The van der Waals surface area contributed by atoms with Crippen LogP contribution >= 0.6 is 11.6 Å². The summed E-state index contributed by atoms with van der Waals surface area (Å²) in [7, 11) is 0. The van der Waals surface area contributed by atoms with E-state index in [4.69, 9.17) is 26.8 Å². The average molecular weight is 392 g/mol. The van der Waals surface area contributed by atoms with Crippen LogP contribution in [0.25, 0.3) is 0 Å². The quantitative estimate of drug-likeness (QED) is 0.780. The number of carbonyl (C=O) groups is 2. The Morgan fingerprint density at radius 2 is 1.89 bits per heavy atom. The predicted octanol–water partition coefficient (Wildman–Crippen LogP) is 3.77. The number of nitrogens with zero attached hydrogens (tertiary/aromatic N) is 1. The van der Waals surface area contributed by atoms with Crippen molar-refractivity contribution < 1.29 is 19.1 Å². The molecule has 0 bridgehead atoms. The number of nitrogens with one attached hydrogen (secondary N) is 1. The first kappa shape index (κ1) is 20.5. The molecule has 2 rings (SSSR count). The van der Waals surface area contributed by atoms with Gasteiger partial charge in [0, 0.05) is 11.2 Å². The fourth-order valence-corrected chi connectivity index (χ4v) is 2.30. The summed E-state index contributed by atoms with van der Waals surface area (Å²) in [6.45, 7) is 5.67. The molecule has 0 spiro atoms. The largest absolute Gasteiger partial charge is 0.455 e. The molecular weight excluding hydrogens is 370 g/mol. The zero-order valence-electron chi connectivity index (χ0n) is 15.4. The van der Waals surface area contributed by atoms with Gasteiger partial charge in [0.15, 0.2) is 11.4 Å². The third-order valence-electron chi connectivity index (χ3n) is 3.77. The van der Waals surface area contributed by atoms with E-state index < -0.39 is 18.0 Å². The molecule has 144 valence electrons. The number of nitrogens with two attached hydrogens (primary N) is 1. The summed E-state index contributed by atoms with van der Waals surface area (Å²) in [4.78, 5) is 27.8. The molecule has 0 aliphatic carbocycles. The summed E-state index contributed by atoms with van der Waals surface area (Å²) in [5.41, 5.74) is 4.76. The summed E-state index contributed by atoms with van der Waals surface area (Å²) < 4.78 is 10.6. The fraction of sp³-hybridized carbons (Fsp3) is 0.316. The summed E-state index contributed by atoms with van der Waals surface area (Å²) >= 11 is 5.87. The van der Waals surface area contributed by atoms with E-state index in [1.54, 1.807) is 36.4 Å². The number of primary amides is 1. The van der Waals surface area contributed by atoms with Crippen LogP contribution in [0.4, 0.5) is 4.79 Å². The van der Waals surface area contributed by atoms with Crippen molar-refractivity contribution in [3.8, 4) is 11.5 Å². The van der Waals surface area contributed by atoms with Crippen LogP contribution in [0.15, 0.2) is 42.6 Å². The van der Waals surface area contributed by atoms with E-state index in [0.717, 1.165) is 0 Å². The number of aromatic nitrogens is 1. The predicted molar refractivity (Wildman–Crippen MR) is 102 cm³/mol. The molecule has 0 saturated heterocycles. The lowest BCUT2D eigenvalue weighted by Crippen LogP contribution is -2.47. The van der Waals surface area contributed by atoms with Gasteiger partial charge in [0.05, 0.1) is 6.04 Å². The molecule has 3 N–H and O–H groups in total. The van der Waals surface area contributed by atoms with E-state index in [1.165, 1.54) is 6.20 Å². The van der Waals surface area contributed by atoms with Crippen LogP contribution < -0.4 is 15.8 Å². The van der Waals surface area contributed by atoms with Crippen molar-refractivity contribution >= 4 is 23.6 Å². The fourth-order valence-electron chi connectivity index (χ4n) is 2.17. The van der Waals surface area contributed by atoms with E-state index in [2.05, 4.69) is 10.3 Å². The monoisotopic (exact) mass is 391 g/mol. The number of hydrogen-bond acceptors (Lipinski definition) is 5. The first-order chi connectivity index (χ1) is 12.7. The van der Waals surface area contributed by atoms with Crippen LogP contribution in [0.5, 0.6) is 11.5 Å². The summed E-state index contributed by atoms with van der Waals surface area (Å²) in [5, 5.41) is 3.41. The lowest BCUT2D eigenvalue weighted by molar-refractivity contribution is 0.0797. The highest BCUT2D eigenvalue weighted by atomic mass is 35.5. The highest BCUT2D eigenvalue weighted by Gasteiger charge is 2.29. The van der Waals surface area contributed by atoms with Crippen LogP contribution in [-0.4, -0.2) is 29.6 Å². The molecule has 1 aromatic carbocycles. The molecule has 8 heteroatoms. The number of ether oxygens (including phenoxy) is 2. The first-order valence-electron chi connectivity index (χ1n) is 8.28. The Balaban J connectivity index is 2.19. The minimum atomic E-state index is -0.900. The van der Waals surface area contributed by atoms with Crippen molar-refractivity contribution in [2.75, 3.05) is 6.61 Å².